The molecule has 0 bridgehead atoms. The average molecular weight is 233 g/mol. The van der Waals surface area contributed by atoms with Crippen molar-refractivity contribution < 1.29 is 27.5 Å². The number of hydrogen-bond acceptors (Lipinski definition) is 3. The second-order valence-electron chi connectivity index (χ2n) is 2.65. The maximum atomic E-state index is 11.7. The van der Waals surface area contributed by atoms with Crippen molar-refractivity contribution in [2.45, 2.75) is 6.18 Å². The Balaban J connectivity index is 2.52. The van der Waals surface area contributed by atoms with Gasteiger partial charge in [-0.25, -0.2) is 4.79 Å². The van der Waals surface area contributed by atoms with Crippen LogP contribution in [0.1, 0.15) is 0 Å². The first-order chi connectivity index (χ1) is 7.39. The normalized spacial score (nSPS) is 10.7. The van der Waals surface area contributed by atoms with E-state index in [4.69, 9.17) is 0 Å². The van der Waals surface area contributed by atoms with Crippen LogP contribution in [-0.2, 0) is 4.79 Å². The van der Waals surface area contributed by atoms with Crippen LogP contribution in [0, 0.1) is 0 Å². The summed E-state index contributed by atoms with van der Waals surface area (Å²) in [5.41, 5.74) is 0. The molecule has 7 heteroatoms. The van der Waals surface area contributed by atoms with Gasteiger partial charge in [-0.05, 0) is 12.1 Å². The zero-order valence-electron chi connectivity index (χ0n) is 7.75. The molecule has 0 radical (unpaired) electrons. The third-order valence-electron chi connectivity index (χ3n) is 1.43. The highest BCUT2D eigenvalue weighted by atomic mass is 19.4. The molecule has 1 aromatic rings. The van der Waals surface area contributed by atoms with Gasteiger partial charge in [0.25, 0.3) is 0 Å². The minimum Gasteiger partial charge on any atom is -0.410 e. The lowest BCUT2D eigenvalue weighted by atomic mass is 10.3. The van der Waals surface area contributed by atoms with Crippen LogP contribution in [0.3, 0.4) is 0 Å². The molecule has 4 nitrogen and oxygen atoms in total. The molecule has 1 rings (SSSR count). The number of rotatable bonds is 1. The predicted octanol–water partition coefficient (Wildman–Crippen LogP) is 1.86. The SMILES string of the molecule is O=C(NC(=O)C(F)(F)F)Oc1ccccc1. The summed E-state index contributed by atoms with van der Waals surface area (Å²) in [6.07, 6.45) is -6.59. The predicted molar refractivity (Wildman–Crippen MR) is 46.7 cm³/mol. The standard InChI is InChI=1S/C9H6F3NO3/c10-9(11,12)7(14)13-8(15)16-6-4-2-1-3-5-6/h1-5H,(H,13,14,15). The lowest BCUT2D eigenvalue weighted by Crippen LogP contribution is -2.41. The van der Waals surface area contributed by atoms with Gasteiger partial charge < -0.3 is 4.74 Å². The Morgan fingerprint density at radius 2 is 1.69 bits per heavy atom. The Morgan fingerprint density at radius 3 is 2.19 bits per heavy atom. The van der Waals surface area contributed by atoms with Gasteiger partial charge in [-0.15, -0.1) is 0 Å². The molecule has 1 N–H and O–H groups in total. The molecule has 0 saturated heterocycles. The molecule has 0 saturated carbocycles. The minimum absolute atomic E-state index is 0.0370. The zero-order valence-corrected chi connectivity index (χ0v) is 7.75. The summed E-state index contributed by atoms with van der Waals surface area (Å²) in [6, 6.07) is 7.39. The maximum Gasteiger partial charge on any atom is 0.471 e. The number of amides is 2. The van der Waals surface area contributed by atoms with Crippen LogP contribution in [0.5, 0.6) is 5.75 Å². The number of imide groups is 1. The van der Waals surface area contributed by atoms with E-state index in [1.54, 1.807) is 6.07 Å². The molecule has 0 aliphatic carbocycles. The molecule has 0 fully saturated rings. The molecular weight excluding hydrogens is 227 g/mol. The Hall–Kier alpha value is -2.05. The van der Waals surface area contributed by atoms with Gasteiger partial charge in [0.05, 0.1) is 0 Å². The lowest BCUT2D eigenvalue weighted by Gasteiger charge is -2.07. The van der Waals surface area contributed by atoms with Gasteiger partial charge in [0.15, 0.2) is 0 Å². The molecular formula is C9H6F3NO3. The fourth-order valence-electron chi connectivity index (χ4n) is 0.785. The van der Waals surface area contributed by atoms with E-state index in [0.717, 1.165) is 5.32 Å². The molecule has 2 amide bonds. The molecule has 1 aromatic carbocycles. The van der Waals surface area contributed by atoms with E-state index in [9.17, 15) is 22.8 Å². The third-order valence-corrected chi connectivity index (χ3v) is 1.43. The van der Waals surface area contributed by atoms with Gasteiger partial charge in [0.2, 0.25) is 0 Å². The van der Waals surface area contributed by atoms with Crippen LogP contribution < -0.4 is 10.1 Å². The summed E-state index contributed by atoms with van der Waals surface area (Å²) in [4.78, 5) is 21.1. The number of hydrogen-bond donors (Lipinski definition) is 1. The van der Waals surface area contributed by atoms with Crippen molar-refractivity contribution in [1.82, 2.24) is 5.32 Å². The van der Waals surface area contributed by atoms with Crippen molar-refractivity contribution in [3.05, 3.63) is 30.3 Å². The van der Waals surface area contributed by atoms with Crippen molar-refractivity contribution in [2.75, 3.05) is 0 Å². The van der Waals surface area contributed by atoms with Crippen LogP contribution in [0.4, 0.5) is 18.0 Å². The number of carbonyl (C=O) groups excluding carboxylic acids is 2. The first kappa shape index (κ1) is 12.0. The molecule has 0 aliphatic rings. The van der Waals surface area contributed by atoms with Gasteiger partial charge >= 0.3 is 18.2 Å². The van der Waals surface area contributed by atoms with Gasteiger partial charge in [0.1, 0.15) is 5.75 Å². The lowest BCUT2D eigenvalue weighted by molar-refractivity contribution is -0.172. The van der Waals surface area contributed by atoms with Gasteiger partial charge in [-0.2, -0.15) is 13.2 Å². The topological polar surface area (TPSA) is 55.4 Å². The van der Waals surface area contributed by atoms with E-state index in [1.807, 2.05) is 0 Å². The first-order valence-corrected chi connectivity index (χ1v) is 4.04. The Bertz CT molecular complexity index is 389. The molecule has 86 valence electrons. The summed E-state index contributed by atoms with van der Waals surface area (Å²) in [6.45, 7) is 0. The smallest absolute Gasteiger partial charge is 0.410 e. The Labute approximate surface area is 88.0 Å². The van der Waals surface area contributed by atoms with E-state index < -0.39 is 18.2 Å². The molecule has 0 atom stereocenters. The number of ether oxygens (including phenoxy) is 1. The van der Waals surface area contributed by atoms with Gasteiger partial charge in [-0.1, -0.05) is 18.2 Å². The van der Waals surface area contributed by atoms with E-state index in [1.165, 1.54) is 24.3 Å². The number of benzene rings is 1. The van der Waals surface area contributed by atoms with Crippen molar-refractivity contribution in [2.24, 2.45) is 0 Å². The average Bonchev–Trinajstić information content (AvgIpc) is 2.17. The van der Waals surface area contributed by atoms with Crippen LogP contribution >= 0.6 is 0 Å². The Kier molecular flexibility index (Phi) is 3.49. The molecule has 0 aromatic heterocycles. The number of halogens is 3. The molecule has 0 aliphatic heterocycles. The fourth-order valence-corrected chi connectivity index (χ4v) is 0.785. The summed E-state index contributed by atoms with van der Waals surface area (Å²) in [5.74, 6) is -2.33. The van der Waals surface area contributed by atoms with Crippen LogP contribution in [0.2, 0.25) is 0 Å². The highest BCUT2D eigenvalue weighted by Crippen LogP contribution is 2.14. The largest absolute Gasteiger partial charge is 0.471 e. The molecule has 16 heavy (non-hydrogen) atoms. The number of para-hydroxylation sites is 1. The summed E-state index contributed by atoms with van der Waals surface area (Å²) >= 11 is 0. The minimum atomic E-state index is -5.12. The van der Waals surface area contributed by atoms with E-state index in [-0.39, 0.29) is 5.75 Å². The third kappa shape index (κ3) is 3.60. The summed E-state index contributed by atoms with van der Waals surface area (Å²) < 4.78 is 39.6. The van der Waals surface area contributed by atoms with Gasteiger partial charge in [-0.3, -0.25) is 10.1 Å². The van der Waals surface area contributed by atoms with E-state index in [0.29, 0.717) is 0 Å². The van der Waals surface area contributed by atoms with Crippen molar-refractivity contribution in [3.8, 4) is 5.75 Å². The first-order valence-electron chi connectivity index (χ1n) is 4.04. The second kappa shape index (κ2) is 4.65. The molecule has 0 heterocycles. The summed E-state index contributed by atoms with van der Waals surface area (Å²) in [7, 11) is 0. The number of alkyl halides is 3. The number of nitrogens with one attached hydrogen (secondary N) is 1. The summed E-state index contributed by atoms with van der Waals surface area (Å²) in [5, 5.41) is 1.04. The van der Waals surface area contributed by atoms with Crippen LogP contribution in [0.25, 0.3) is 0 Å². The second-order valence-corrected chi connectivity index (χ2v) is 2.65. The Morgan fingerprint density at radius 1 is 1.12 bits per heavy atom. The van der Waals surface area contributed by atoms with Crippen molar-refractivity contribution in [3.63, 3.8) is 0 Å². The zero-order chi connectivity index (χ0) is 12.2. The molecule has 0 unspecified atom stereocenters. The fraction of sp³-hybridized carbons (Fsp3) is 0.111. The van der Waals surface area contributed by atoms with Crippen molar-refractivity contribution in [1.29, 1.82) is 0 Å². The highest BCUT2D eigenvalue weighted by Gasteiger charge is 2.40. The molecule has 0 spiro atoms. The van der Waals surface area contributed by atoms with E-state index >= 15 is 0 Å². The monoisotopic (exact) mass is 233 g/mol. The van der Waals surface area contributed by atoms with Crippen LogP contribution in [0.15, 0.2) is 30.3 Å². The van der Waals surface area contributed by atoms with E-state index in [2.05, 4.69) is 4.74 Å². The quantitative estimate of drug-likeness (QED) is 0.805. The highest BCUT2D eigenvalue weighted by molar-refractivity contribution is 5.95. The maximum absolute atomic E-state index is 11.7. The van der Waals surface area contributed by atoms with Crippen molar-refractivity contribution >= 4 is 12.0 Å². The van der Waals surface area contributed by atoms with Gasteiger partial charge in [0, 0.05) is 0 Å². The number of carbonyl (C=O) groups is 2. The van der Waals surface area contributed by atoms with Crippen LogP contribution in [-0.4, -0.2) is 18.2 Å².